The summed E-state index contributed by atoms with van der Waals surface area (Å²) in [7, 11) is 1.95. The zero-order valence-corrected chi connectivity index (χ0v) is 10.8. The normalized spacial score (nSPS) is 13.0. The molecule has 0 spiro atoms. The standard InChI is InChI=1S/C10H11ClN2S2/c1-6-13-5-8(14-6)10(12-2)7-3-4-9(11)15-7/h3-5,10,12H,1-2H3. The summed E-state index contributed by atoms with van der Waals surface area (Å²) >= 11 is 9.25. The number of thiophene rings is 1. The Morgan fingerprint density at radius 2 is 2.13 bits per heavy atom. The first-order chi connectivity index (χ1) is 7.20. The third-order valence-electron chi connectivity index (χ3n) is 2.09. The summed E-state index contributed by atoms with van der Waals surface area (Å²) < 4.78 is 0.825. The first-order valence-corrected chi connectivity index (χ1v) is 6.56. The predicted octanol–water partition coefficient (Wildman–Crippen LogP) is 3.48. The molecule has 1 atom stereocenters. The third kappa shape index (κ3) is 2.39. The van der Waals surface area contributed by atoms with Gasteiger partial charge in [0.05, 0.1) is 15.4 Å². The van der Waals surface area contributed by atoms with Crippen LogP contribution in [0.25, 0.3) is 0 Å². The van der Waals surface area contributed by atoms with Crippen molar-refractivity contribution in [3.05, 3.63) is 37.4 Å². The summed E-state index contributed by atoms with van der Waals surface area (Å²) in [6.07, 6.45) is 1.93. The Balaban J connectivity index is 2.32. The summed E-state index contributed by atoms with van der Waals surface area (Å²) in [6.45, 7) is 2.02. The van der Waals surface area contributed by atoms with Crippen LogP contribution in [0.5, 0.6) is 0 Å². The first-order valence-electron chi connectivity index (χ1n) is 4.55. The van der Waals surface area contributed by atoms with Crippen LogP contribution in [0.3, 0.4) is 0 Å². The molecule has 5 heteroatoms. The molecule has 0 aromatic carbocycles. The molecule has 80 valence electrons. The number of aromatic nitrogens is 1. The van der Waals surface area contributed by atoms with Gasteiger partial charge in [-0.2, -0.15) is 0 Å². The Bertz CT molecular complexity index is 409. The molecule has 0 bridgehead atoms. The number of nitrogens with one attached hydrogen (secondary N) is 1. The highest BCUT2D eigenvalue weighted by atomic mass is 35.5. The second-order valence-electron chi connectivity index (χ2n) is 3.15. The summed E-state index contributed by atoms with van der Waals surface area (Å²) in [6, 6.07) is 4.21. The van der Waals surface area contributed by atoms with Crippen LogP contribution in [0, 0.1) is 6.92 Å². The maximum atomic E-state index is 5.93. The van der Waals surface area contributed by atoms with Crippen molar-refractivity contribution in [3.63, 3.8) is 0 Å². The molecule has 2 aromatic rings. The Labute approximate surface area is 102 Å². The van der Waals surface area contributed by atoms with E-state index in [0.717, 1.165) is 9.34 Å². The topological polar surface area (TPSA) is 24.9 Å². The molecular formula is C10H11ClN2S2. The van der Waals surface area contributed by atoms with Crippen molar-refractivity contribution in [2.75, 3.05) is 7.05 Å². The van der Waals surface area contributed by atoms with E-state index in [1.807, 2.05) is 26.2 Å². The Morgan fingerprint density at radius 3 is 2.60 bits per heavy atom. The van der Waals surface area contributed by atoms with Crippen LogP contribution in [0.1, 0.15) is 20.8 Å². The molecule has 2 rings (SSSR count). The molecule has 0 aliphatic carbocycles. The van der Waals surface area contributed by atoms with E-state index in [-0.39, 0.29) is 6.04 Å². The van der Waals surface area contributed by atoms with Crippen molar-refractivity contribution in [1.82, 2.24) is 10.3 Å². The van der Waals surface area contributed by atoms with Crippen molar-refractivity contribution in [2.45, 2.75) is 13.0 Å². The van der Waals surface area contributed by atoms with Gasteiger partial charge in [0.1, 0.15) is 0 Å². The van der Waals surface area contributed by atoms with E-state index in [4.69, 9.17) is 11.6 Å². The van der Waals surface area contributed by atoms with E-state index in [1.165, 1.54) is 9.75 Å². The number of thiazole rings is 1. The molecule has 2 heterocycles. The number of rotatable bonds is 3. The average Bonchev–Trinajstić information content (AvgIpc) is 2.78. The largest absolute Gasteiger partial charge is 0.308 e. The molecule has 0 saturated carbocycles. The number of halogens is 1. The molecule has 0 amide bonds. The Kier molecular flexibility index (Phi) is 3.41. The summed E-state index contributed by atoms with van der Waals surface area (Å²) in [5.41, 5.74) is 0. The lowest BCUT2D eigenvalue weighted by Crippen LogP contribution is -2.14. The highest BCUT2D eigenvalue weighted by Crippen LogP contribution is 2.32. The number of hydrogen-bond donors (Lipinski definition) is 1. The summed E-state index contributed by atoms with van der Waals surface area (Å²) in [5, 5.41) is 4.37. The van der Waals surface area contributed by atoms with Crippen molar-refractivity contribution in [2.24, 2.45) is 0 Å². The van der Waals surface area contributed by atoms with Crippen LogP contribution in [0.4, 0.5) is 0 Å². The van der Waals surface area contributed by atoms with Gasteiger partial charge in [0, 0.05) is 16.0 Å². The number of nitrogens with zero attached hydrogens (tertiary/aromatic N) is 1. The minimum absolute atomic E-state index is 0.216. The van der Waals surface area contributed by atoms with E-state index in [1.54, 1.807) is 22.7 Å². The lowest BCUT2D eigenvalue weighted by atomic mass is 10.2. The maximum Gasteiger partial charge on any atom is 0.0931 e. The van der Waals surface area contributed by atoms with E-state index in [9.17, 15) is 0 Å². The van der Waals surface area contributed by atoms with Gasteiger partial charge >= 0.3 is 0 Å². The number of hydrogen-bond acceptors (Lipinski definition) is 4. The van der Waals surface area contributed by atoms with Crippen LogP contribution in [-0.4, -0.2) is 12.0 Å². The molecule has 1 N–H and O–H groups in total. The molecule has 1 unspecified atom stereocenters. The van der Waals surface area contributed by atoms with Gasteiger partial charge in [-0.1, -0.05) is 11.6 Å². The lowest BCUT2D eigenvalue weighted by Gasteiger charge is -2.11. The van der Waals surface area contributed by atoms with Gasteiger partial charge in [0.2, 0.25) is 0 Å². The van der Waals surface area contributed by atoms with Gasteiger partial charge < -0.3 is 5.32 Å². The molecule has 0 aliphatic heterocycles. The fourth-order valence-electron chi connectivity index (χ4n) is 1.42. The summed E-state index contributed by atoms with van der Waals surface area (Å²) in [4.78, 5) is 6.73. The van der Waals surface area contributed by atoms with Crippen LogP contribution >= 0.6 is 34.3 Å². The molecule has 2 nitrogen and oxygen atoms in total. The summed E-state index contributed by atoms with van der Waals surface area (Å²) in [5.74, 6) is 0. The van der Waals surface area contributed by atoms with Crippen molar-refractivity contribution < 1.29 is 0 Å². The molecule has 0 radical (unpaired) electrons. The van der Waals surface area contributed by atoms with Gasteiger partial charge in [0.25, 0.3) is 0 Å². The van der Waals surface area contributed by atoms with Crippen LogP contribution < -0.4 is 5.32 Å². The lowest BCUT2D eigenvalue weighted by molar-refractivity contribution is 0.714. The van der Waals surface area contributed by atoms with Crippen molar-refractivity contribution in [3.8, 4) is 0 Å². The smallest absolute Gasteiger partial charge is 0.0931 e. The maximum absolute atomic E-state index is 5.93. The monoisotopic (exact) mass is 258 g/mol. The Morgan fingerprint density at radius 1 is 1.33 bits per heavy atom. The highest BCUT2D eigenvalue weighted by molar-refractivity contribution is 7.16. The quantitative estimate of drug-likeness (QED) is 0.912. The molecule has 0 aliphatic rings. The number of aryl methyl sites for hydroxylation is 1. The fourth-order valence-corrected chi connectivity index (χ4v) is 3.60. The van der Waals surface area contributed by atoms with Gasteiger partial charge in [-0.05, 0) is 26.1 Å². The van der Waals surface area contributed by atoms with Crippen LogP contribution in [0.2, 0.25) is 4.34 Å². The molecule has 0 saturated heterocycles. The van der Waals surface area contributed by atoms with Gasteiger partial charge in [0.15, 0.2) is 0 Å². The first kappa shape index (κ1) is 11.1. The second kappa shape index (κ2) is 4.61. The average molecular weight is 259 g/mol. The van der Waals surface area contributed by atoms with E-state index in [2.05, 4.69) is 16.4 Å². The zero-order valence-electron chi connectivity index (χ0n) is 8.45. The van der Waals surface area contributed by atoms with Gasteiger partial charge in [-0.25, -0.2) is 4.98 Å². The van der Waals surface area contributed by atoms with Crippen molar-refractivity contribution in [1.29, 1.82) is 0 Å². The minimum Gasteiger partial charge on any atom is -0.308 e. The third-order valence-corrected chi connectivity index (χ3v) is 4.36. The van der Waals surface area contributed by atoms with Gasteiger partial charge in [-0.15, -0.1) is 22.7 Å². The van der Waals surface area contributed by atoms with Crippen LogP contribution in [-0.2, 0) is 0 Å². The Hall–Kier alpha value is -0.420. The predicted molar refractivity (Wildman–Crippen MR) is 67.1 cm³/mol. The fraction of sp³-hybridized carbons (Fsp3) is 0.300. The SMILES string of the molecule is CNC(c1ccc(Cl)s1)c1cnc(C)s1. The highest BCUT2D eigenvalue weighted by Gasteiger charge is 2.16. The molecular weight excluding hydrogens is 248 g/mol. The molecule has 15 heavy (non-hydrogen) atoms. The molecule has 0 fully saturated rings. The minimum atomic E-state index is 0.216. The van der Waals surface area contributed by atoms with E-state index >= 15 is 0 Å². The van der Waals surface area contributed by atoms with Crippen molar-refractivity contribution >= 4 is 34.3 Å². The van der Waals surface area contributed by atoms with E-state index < -0.39 is 0 Å². The van der Waals surface area contributed by atoms with Gasteiger partial charge in [-0.3, -0.25) is 0 Å². The second-order valence-corrected chi connectivity index (χ2v) is 6.16. The zero-order chi connectivity index (χ0) is 10.8. The molecule has 2 aromatic heterocycles. The van der Waals surface area contributed by atoms with E-state index in [0.29, 0.717) is 0 Å². The van der Waals surface area contributed by atoms with Crippen LogP contribution in [0.15, 0.2) is 18.3 Å².